The van der Waals surface area contributed by atoms with Crippen molar-refractivity contribution in [3.8, 4) is 0 Å². The summed E-state index contributed by atoms with van der Waals surface area (Å²) in [5.74, 6) is -0.00600. The molecule has 1 aliphatic rings. The minimum Gasteiger partial charge on any atom is -0.394 e. The average Bonchev–Trinajstić information content (AvgIpc) is 2.41. The van der Waals surface area contributed by atoms with E-state index in [9.17, 15) is 9.90 Å². The van der Waals surface area contributed by atoms with E-state index in [0.717, 1.165) is 31.4 Å². The summed E-state index contributed by atoms with van der Waals surface area (Å²) in [5, 5.41) is 10.0. The van der Waals surface area contributed by atoms with Gasteiger partial charge in [-0.3, -0.25) is 4.79 Å². The van der Waals surface area contributed by atoms with Crippen molar-refractivity contribution in [2.45, 2.75) is 32.2 Å². The Balaban J connectivity index is 2.21. The van der Waals surface area contributed by atoms with E-state index in [1.807, 2.05) is 13.0 Å². The van der Waals surface area contributed by atoms with Crippen LogP contribution < -0.4 is 0 Å². The molecule has 0 spiro atoms. The molecule has 1 unspecified atom stereocenters. The number of rotatable bonds is 2. The molecule has 1 N–H and O–H groups in total. The summed E-state index contributed by atoms with van der Waals surface area (Å²) in [6, 6.07) is 5.28. The number of amides is 1. The zero-order valence-electron chi connectivity index (χ0n) is 10.5. The Hall–Kier alpha value is -1.06. The molecule has 0 bridgehead atoms. The molecule has 4 heteroatoms. The molecule has 1 heterocycles. The molecule has 0 aliphatic carbocycles. The Morgan fingerprint density at radius 1 is 1.50 bits per heavy atom. The number of benzene rings is 1. The van der Waals surface area contributed by atoms with Crippen molar-refractivity contribution < 1.29 is 9.90 Å². The molecule has 98 valence electrons. The molecule has 1 saturated heterocycles. The lowest BCUT2D eigenvalue weighted by Gasteiger charge is -2.34. The van der Waals surface area contributed by atoms with Crippen LogP contribution in [-0.4, -0.2) is 35.1 Å². The fraction of sp³-hybridized carbons (Fsp3) is 0.500. The highest BCUT2D eigenvalue weighted by atomic mass is 35.5. The van der Waals surface area contributed by atoms with E-state index in [4.69, 9.17) is 11.6 Å². The standard InChI is InChI=1S/C14H18ClNO2/c1-10-8-11(5-6-13(10)15)14(18)16-7-3-2-4-12(16)9-17/h5-6,8,12,17H,2-4,7,9H2,1H3. The third kappa shape index (κ3) is 2.68. The van der Waals surface area contributed by atoms with Crippen LogP contribution in [0.1, 0.15) is 35.2 Å². The first kappa shape index (κ1) is 13.4. The van der Waals surface area contributed by atoms with E-state index in [0.29, 0.717) is 10.6 Å². The average molecular weight is 268 g/mol. The van der Waals surface area contributed by atoms with Gasteiger partial charge in [-0.05, 0) is 49.9 Å². The molecule has 1 aromatic rings. The van der Waals surface area contributed by atoms with Gasteiger partial charge in [-0.2, -0.15) is 0 Å². The topological polar surface area (TPSA) is 40.5 Å². The molecule has 1 aliphatic heterocycles. The van der Waals surface area contributed by atoms with Gasteiger partial charge in [-0.1, -0.05) is 11.6 Å². The van der Waals surface area contributed by atoms with Gasteiger partial charge in [-0.25, -0.2) is 0 Å². The van der Waals surface area contributed by atoms with Gasteiger partial charge in [0.2, 0.25) is 0 Å². The third-order valence-corrected chi connectivity index (χ3v) is 3.93. The summed E-state index contributed by atoms with van der Waals surface area (Å²) >= 11 is 5.96. The molecule has 18 heavy (non-hydrogen) atoms. The number of aliphatic hydroxyl groups excluding tert-OH is 1. The normalized spacial score (nSPS) is 19.9. The van der Waals surface area contributed by atoms with Gasteiger partial charge >= 0.3 is 0 Å². The minimum atomic E-state index is -0.0396. The van der Waals surface area contributed by atoms with Crippen LogP contribution in [0, 0.1) is 6.92 Å². The van der Waals surface area contributed by atoms with Gasteiger partial charge in [0.15, 0.2) is 0 Å². The lowest BCUT2D eigenvalue weighted by molar-refractivity contribution is 0.0503. The smallest absolute Gasteiger partial charge is 0.254 e. The second-order valence-corrected chi connectivity index (χ2v) is 5.20. The van der Waals surface area contributed by atoms with Crippen LogP contribution in [0.2, 0.25) is 5.02 Å². The summed E-state index contributed by atoms with van der Waals surface area (Å²) in [6.07, 6.45) is 2.97. The fourth-order valence-electron chi connectivity index (χ4n) is 2.40. The summed E-state index contributed by atoms with van der Waals surface area (Å²) in [5.41, 5.74) is 1.55. The largest absolute Gasteiger partial charge is 0.394 e. The van der Waals surface area contributed by atoms with Crippen LogP contribution in [0.5, 0.6) is 0 Å². The maximum Gasteiger partial charge on any atom is 0.254 e. The van der Waals surface area contributed by atoms with Crippen molar-refractivity contribution >= 4 is 17.5 Å². The zero-order valence-corrected chi connectivity index (χ0v) is 11.3. The minimum absolute atomic E-state index is 0.00600. The Labute approximate surface area is 112 Å². The highest BCUT2D eigenvalue weighted by Gasteiger charge is 2.26. The molecule has 1 fully saturated rings. The van der Waals surface area contributed by atoms with Crippen molar-refractivity contribution in [3.63, 3.8) is 0 Å². The van der Waals surface area contributed by atoms with Crippen molar-refractivity contribution in [3.05, 3.63) is 34.3 Å². The quantitative estimate of drug-likeness (QED) is 0.895. The molecule has 0 saturated carbocycles. The number of carbonyl (C=O) groups excluding carboxylic acids is 1. The summed E-state index contributed by atoms with van der Waals surface area (Å²) < 4.78 is 0. The highest BCUT2D eigenvalue weighted by molar-refractivity contribution is 6.31. The number of halogens is 1. The first-order valence-electron chi connectivity index (χ1n) is 6.31. The monoisotopic (exact) mass is 267 g/mol. The second kappa shape index (κ2) is 5.72. The van der Waals surface area contributed by atoms with E-state index in [1.165, 1.54) is 0 Å². The number of hydrogen-bond acceptors (Lipinski definition) is 2. The highest BCUT2D eigenvalue weighted by Crippen LogP contribution is 2.22. The SMILES string of the molecule is Cc1cc(C(=O)N2CCCCC2CO)ccc1Cl. The predicted octanol–water partition coefficient (Wildman–Crippen LogP) is 2.64. The molecule has 1 amide bonds. The summed E-state index contributed by atoms with van der Waals surface area (Å²) in [4.78, 5) is 14.2. The Bertz CT molecular complexity index is 447. The molecule has 0 aromatic heterocycles. The van der Waals surface area contributed by atoms with Crippen molar-refractivity contribution in [1.29, 1.82) is 0 Å². The third-order valence-electron chi connectivity index (χ3n) is 3.50. The van der Waals surface area contributed by atoms with E-state index in [1.54, 1.807) is 17.0 Å². The molecule has 1 atom stereocenters. The van der Waals surface area contributed by atoms with Crippen LogP contribution >= 0.6 is 11.6 Å². The zero-order chi connectivity index (χ0) is 13.1. The van der Waals surface area contributed by atoms with Gasteiger partial charge < -0.3 is 10.0 Å². The number of aryl methyl sites for hydroxylation is 1. The van der Waals surface area contributed by atoms with Crippen LogP contribution in [0.3, 0.4) is 0 Å². The summed E-state index contributed by atoms with van der Waals surface area (Å²) in [7, 11) is 0. The number of nitrogens with zero attached hydrogens (tertiary/aromatic N) is 1. The number of piperidine rings is 1. The number of likely N-dealkylation sites (tertiary alicyclic amines) is 1. The Morgan fingerprint density at radius 2 is 2.28 bits per heavy atom. The van der Waals surface area contributed by atoms with Crippen LogP contribution in [0.15, 0.2) is 18.2 Å². The van der Waals surface area contributed by atoms with E-state index in [2.05, 4.69) is 0 Å². The van der Waals surface area contributed by atoms with E-state index < -0.39 is 0 Å². The predicted molar refractivity (Wildman–Crippen MR) is 72.0 cm³/mol. The summed E-state index contributed by atoms with van der Waals surface area (Å²) in [6.45, 7) is 2.66. The van der Waals surface area contributed by atoms with Gasteiger partial charge in [0.25, 0.3) is 5.91 Å². The van der Waals surface area contributed by atoms with Gasteiger partial charge in [0.05, 0.1) is 12.6 Å². The van der Waals surface area contributed by atoms with E-state index in [-0.39, 0.29) is 18.6 Å². The molecular formula is C14H18ClNO2. The maximum absolute atomic E-state index is 12.4. The van der Waals surface area contributed by atoms with Gasteiger partial charge in [-0.15, -0.1) is 0 Å². The van der Waals surface area contributed by atoms with Gasteiger partial charge in [0.1, 0.15) is 0 Å². The molecule has 1 aromatic carbocycles. The van der Waals surface area contributed by atoms with Crippen molar-refractivity contribution in [1.82, 2.24) is 4.90 Å². The Morgan fingerprint density at radius 3 is 2.94 bits per heavy atom. The molecule has 3 nitrogen and oxygen atoms in total. The van der Waals surface area contributed by atoms with E-state index >= 15 is 0 Å². The lowest BCUT2D eigenvalue weighted by atomic mass is 10.0. The van der Waals surface area contributed by atoms with Crippen molar-refractivity contribution in [2.75, 3.05) is 13.2 Å². The van der Waals surface area contributed by atoms with Gasteiger partial charge in [0, 0.05) is 17.1 Å². The molecule has 0 radical (unpaired) electrons. The first-order chi connectivity index (χ1) is 8.63. The molecular weight excluding hydrogens is 250 g/mol. The maximum atomic E-state index is 12.4. The van der Waals surface area contributed by atoms with Crippen molar-refractivity contribution in [2.24, 2.45) is 0 Å². The van der Waals surface area contributed by atoms with Crippen LogP contribution in [0.25, 0.3) is 0 Å². The van der Waals surface area contributed by atoms with Crippen LogP contribution in [-0.2, 0) is 0 Å². The fourth-order valence-corrected chi connectivity index (χ4v) is 2.52. The lowest BCUT2D eigenvalue weighted by Crippen LogP contribution is -2.45. The molecule has 2 rings (SSSR count). The number of hydrogen-bond donors (Lipinski definition) is 1. The Kier molecular flexibility index (Phi) is 4.25. The van der Waals surface area contributed by atoms with Crippen LogP contribution in [0.4, 0.5) is 0 Å². The number of carbonyl (C=O) groups is 1. The second-order valence-electron chi connectivity index (χ2n) is 4.79. The number of aliphatic hydroxyl groups is 1. The first-order valence-corrected chi connectivity index (χ1v) is 6.69.